The smallest absolute Gasteiger partial charge is 0.224 e. The van der Waals surface area contributed by atoms with Crippen LogP contribution in [0.1, 0.15) is 17.2 Å². The minimum absolute atomic E-state index is 0.137. The first-order chi connectivity index (χ1) is 11.1. The zero-order valence-corrected chi connectivity index (χ0v) is 13.2. The Balaban J connectivity index is 1.91. The molecule has 0 aliphatic rings. The molecule has 1 N–H and O–H groups in total. The van der Waals surface area contributed by atoms with E-state index < -0.39 is 0 Å². The van der Waals surface area contributed by atoms with Crippen molar-refractivity contribution in [1.82, 2.24) is 5.32 Å². The van der Waals surface area contributed by atoms with Gasteiger partial charge in [0, 0.05) is 13.7 Å². The predicted molar refractivity (Wildman–Crippen MR) is 85.9 cm³/mol. The topological polar surface area (TPSA) is 47.6 Å². The van der Waals surface area contributed by atoms with Gasteiger partial charge in [-0.25, -0.2) is 4.39 Å². The first kappa shape index (κ1) is 17.0. The molecule has 0 aliphatic heterocycles. The van der Waals surface area contributed by atoms with E-state index >= 15 is 0 Å². The summed E-state index contributed by atoms with van der Waals surface area (Å²) in [6.07, 6.45) is -0.0586. The number of benzene rings is 2. The third kappa shape index (κ3) is 5.07. The van der Waals surface area contributed by atoms with Gasteiger partial charge in [-0.15, -0.1) is 0 Å². The van der Waals surface area contributed by atoms with Gasteiger partial charge in [-0.05, 0) is 35.4 Å². The Labute approximate surface area is 135 Å². The molecule has 0 radical (unpaired) electrons. The van der Waals surface area contributed by atoms with E-state index in [9.17, 15) is 9.18 Å². The van der Waals surface area contributed by atoms with Crippen LogP contribution in [0.3, 0.4) is 0 Å². The minimum atomic E-state index is -0.313. The normalized spacial score (nSPS) is 11.8. The van der Waals surface area contributed by atoms with E-state index in [2.05, 4.69) is 5.32 Å². The fourth-order valence-electron chi connectivity index (χ4n) is 2.24. The second-order valence-electron chi connectivity index (χ2n) is 5.11. The van der Waals surface area contributed by atoms with Gasteiger partial charge in [-0.3, -0.25) is 4.79 Å². The lowest BCUT2D eigenvalue weighted by atomic mass is 10.1. The molecule has 2 rings (SSSR count). The van der Waals surface area contributed by atoms with Crippen molar-refractivity contribution in [2.24, 2.45) is 0 Å². The number of ether oxygens (including phenoxy) is 2. The summed E-state index contributed by atoms with van der Waals surface area (Å²) in [4.78, 5) is 12.0. The first-order valence-electron chi connectivity index (χ1n) is 7.30. The van der Waals surface area contributed by atoms with Gasteiger partial charge in [-0.2, -0.15) is 0 Å². The Morgan fingerprint density at radius 1 is 1.17 bits per heavy atom. The first-order valence-corrected chi connectivity index (χ1v) is 7.30. The van der Waals surface area contributed by atoms with Crippen LogP contribution in [0.2, 0.25) is 0 Å². The summed E-state index contributed by atoms with van der Waals surface area (Å²) in [5.74, 6) is 0.287. The van der Waals surface area contributed by atoms with Crippen LogP contribution in [0, 0.1) is 5.82 Å². The van der Waals surface area contributed by atoms with Gasteiger partial charge in [0.2, 0.25) is 5.91 Å². The van der Waals surface area contributed by atoms with Crippen LogP contribution in [0.5, 0.6) is 5.75 Å². The summed E-state index contributed by atoms with van der Waals surface area (Å²) < 4.78 is 23.5. The molecule has 0 saturated heterocycles. The largest absolute Gasteiger partial charge is 0.497 e. The van der Waals surface area contributed by atoms with Crippen LogP contribution >= 0.6 is 0 Å². The molecule has 0 aliphatic carbocycles. The maximum atomic E-state index is 12.8. The van der Waals surface area contributed by atoms with Crippen LogP contribution in [0.15, 0.2) is 48.5 Å². The Hall–Kier alpha value is -2.40. The fraction of sp³-hybridized carbons (Fsp3) is 0.278. The van der Waals surface area contributed by atoms with E-state index in [0.29, 0.717) is 6.54 Å². The van der Waals surface area contributed by atoms with Crippen molar-refractivity contribution in [3.05, 3.63) is 65.5 Å². The van der Waals surface area contributed by atoms with E-state index in [1.807, 2.05) is 24.3 Å². The standard InChI is InChI=1S/C18H20FNO3/c1-22-16-5-3-4-14(11-16)17(23-2)12-20-18(21)10-13-6-8-15(19)9-7-13/h3-9,11,17H,10,12H2,1-2H3,(H,20,21). The Kier molecular flexibility index (Phi) is 6.11. The highest BCUT2D eigenvalue weighted by molar-refractivity contribution is 5.78. The molecule has 0 spiro atoms. The number of amides is 1. The van der Waals surface area contributed by atoms with E-state index in [1.165, 1.54) is 12.1 Å². The molecule has 0 aromatic heterocycles. The van der Waals surface area contributed by atoms with Crippen molar-refractivity contribution in [1.29, 1.82) is 0 Å². The van der Waals surface area contributed by atoms with Crippen molar-refractivity contribution in [2.75, 3.05) is 20.8 Å². The fourth-order valence-corrected chi connectivity index (χ4v) is 2.24. The number of hydrogen-bond donors (Lipinski definition) is 1. The predicted octanol–water partition coefficient (Wildman–Crippen LogP) is 2.88. The third-order valence-electron chi connectivity index (χ3n) is 3.51. The lowest BCUT2D eigenvalue weighted by molar-refractivity contribution is -0.121. The molecular weight excluding hydrogens is 297 g/mol. The van der Waals surface area contributed by atoms with Gasteiger partial charge in [-0.1, -0.05) is 24.3 Å². The van der Waals surface area contributed by atoms with Crippen LogP contribution in [-0.4, -0.2) is 26.7 Å². The third-order valence-corrected chi connectivity index (χ3v) is 3.51. The highest BCUT2D eigenvalue weighted by Gasteiger charge is 2.13. The molecule has 2 aromatic carbocycles. The van der Waals surface area contributed by atoms with Gasteiger partial charge in [0.25, 0.3) is 0 Å². The molecule has 0 fully saturated rings. The summed E-state index contributed by atoms with van der Waals surface area (Å²) in [7, 11) is 3.20. The highest BCUT2D eigenvalue weighted by atomic mass is 19.1. The zero-order chi connectivity index (χ0) is 16.7. The summed E-state index contributed by atoms with van der Waals surface area (Å²) in [6.45, 7) is 0.351. The minimum Gasteiger partial charge on any atom is -0.497 e. The lowest BCUT2D eigenvalue weighted by Gasteiger charge is -2.17. The maximum absolute atomic E-state index is 12.8. The number of methoxy groups -OCH3 is 2. The van der Waals surface area contributed by atoms with E-state index in [-0.39, 0.29) is 24.2 Å². The van der Waals surface area contributed by atoms with Crippen LogP contribution in [0.25, 0.3) is 0 Å². The number of carbonyl (C=O) groups excluding carboxylic acids is 1. The van der Waals surface area contributed by atoms with Crippen LogP contribution < -0.4 is 10.1 Å². The SMILES string of the molecule is COc1cccc(C(CNC(=O)Cc2ccc(F)cc2)OC)c1. The molecule has 1 amide bonds. The van der Waals surface area contributed by atoms with Gasteiger partial charge in [0.05, 0.1) is 19.6 Å². The Bertz CT molecular complexity index is 643. The number of carbonyl (C=O) groups is 1. The van der Waals surface area contributed by atoms with Crippen molar-refractivity contribution in [3.8, 4) is 5.75 Å². The molecule has 1 atom stereocenters. The molecule has 4 nitrogen and oxygen atoms in total. The van der Waals surface area contributed by atoms with Crippen LogP contribution in [-0.2, 0) is 16.0 Å². The molecular formula is C18H20FNO3. The molecule has 0 bridgehead atoms. The Morgan fingerprint density at radius 3 is 2.57 bits per heavy atom. The monoisotopic (exact) mass is 317 g/mol. The Morgan fingerprint density at radius 2 is 1.91 bits per heavy atom. The summed E-state index contributed by atoms with van der Waals surface area (Å²) >= 11 is 0. The summed E-state index contributed by atoms with van der Waals surface area (Å²) in [6, 6.07) is 13.4. The van der Waals surface area contributed by atoms with Crippen molar-refractivity contribution >= 4 is 5.91 Å². The molecule has 23 heavy (non-hydrogen) atoms. The highest BCUT2D eigenvalue weighted by Crippen LogP contribution is 2.21. The second-order valence-corrected chi connectivity index (χ2v) is 5.11. The van der Waals surface area contributed by atoms with Gasteiger partial charge < -0.3 is 14.8 Å². The van der Waals surface area contributed by atoms with Crippen LogP contribution in [0.4, 0.5) is 4.39 Å². The maximum Gasteiger partial charge on any atom is 0.224 e. The number of nitrogens with one attached hydrogen (secondary N) is 1. The molecule has 5 heteroatoms. The number of halogens is 1. The molecule has 2 aromatic rings. The zero-order valence-electron chi connectivity index (χ0n) is 13.2. The molecule has 122 valence electrons. The molecule has 0 heterocycles. The van der Waals surface area contributed by atoms with Crippen molar-refractivity contribution < 1.29 is 18.7 Å². The number of hydrogen-bond acceptors (Lipinski definition) is 3. The quantitative estimate of drug-likeness (QED) is 0.854. The van der Waals surface area contributed by atoms with Crippen molar-refractivity contribution in [2.45, 2.75) is 12.5 Å². The molecule has 1 unspecified atom stereocenters. The van der Waals surface area contributed by atoms with E-state index in [1.54, 1.807) is 26.4 Å². The average molecular weight is 317 g/mol. The molecule has 0 saturated carbocycles. The second kappa shape index (κ2) is 8.29. The summed E-state index contributed by atoms with van der Waals surface area (Å²) in [5, 5.41) is 2.83. The number of rotatable bonds is 7. The lowest BCUT2D eigenvalue weighted by Crippen LogP contribution is -2.30. The van der Waals surface area contributed by atoms with Gasteiger partial charge in [0.15, 0.2) is 0 Å². The van der Waals surface area contributed by atoms with Gasteiger partial charge in [0.1, 0.15) is 11.6 Å². The van der Waals surface area contributed by atoms with Crippen molar-refractivity contribution in [3.63, 3.8) is 0 Å². The van der Waals surface area contributed by atoms with E-state index in [0.717, 1.165) is 16.9 Å². The average Bonchev–Trinajstić information content (AvgIpc) is 2.58. The van der Waals surface area contributed by atoms with Gasteiger partial charge >= 0.3 is 0 Å². The summed E-state index contributed by atoms with van der Waals surface area (Å²) in [5.41, 5.74) is 1.69. The van der Waals surface area contributed by atoms with E-state index in [4.69, 9.17) is 9.47 Å².